The van der Waals surface area contributed by atoms with Crippen LogP contribution >= 0.6 is 0 Å². The van der Waals surface area contributed by atoms with Crippen molar-refractivity contribution in [3.05, 3.63) is 35.6 Å². The van der Waals surface area contributed by atoms with Crippen LogP contribution in [0.5, 0.6) is 0 Å². The fraction of sp³-hybridized carbons (Fsp3) is 0.417. The van der Waals surface area contributed by atoms with Crippen molar-refractivity contribution >= 4 is 5.97 Å². The molecule has 0 aliphatic heterocycles. The number of hydrogen-bond acceptors (Lipinski definition) is 2. The van der Waals surface area contributed by atoms with E-state index in [1.54, 1.807) is 0 Å². The van der Waals surface area contributed by atoms with Gasteiger partial charge in [0.15, 0.2) is 0 Å². The first kappa shape index (κ1) is 10.8. The first-order chi connectivity index (χ1) is 6.41. The second-order valence-electron chi connectivity index (χ2n) is 4.13. The fourth-order valence-corrected chi connectivity index (χ4v) is 1.29. The van der Waals surface area contributed by atoms with Crippen LogP contribution in [0.3, 0.4) is 0 Å². The summed E-state index contributed by atoms with van der Waals surface area (Å²) in [6, 6.07) is 0. The van der Waals surface area contributed by atoms with Gasteiger partial charge in [-0.15, -0.1) is 0 Å². The van der Waals surface area contributed by atoms with E-state index in [1.165, 1.54) is 6.92 Å². The van der Waals surface area contributed by atoms with Gasteiger partial charge in [0.2, 0.25) is 0 Å². The lowest BCUT2D eigenvalue weighted by atomic mass is 9.92. The molecule has 0 heterocycles. The number of carbonyl (C=O) groups excluding carboxylic acids is 1. The molecule has 14 heavy (non-hydrogen) atoms. The van der Waals surface area contributed by atoms with Gasteiger partial charge in [0.1, 0.15) is 5.76 Å². The number of rotatable bonds is 1. The van der Waals surface area contributed by atoms with Gasteiger partial charge < -0.3 is 4.74 Å². The molecule has 0 unspecified atom stereocenters. The predicted molar refractivity (Wildman–Crippen MR) is 56.5 cm³/mol. The molecule has 0 saturated carbocycles. The maximum absolute atomic E-state index is 10.9. The van der Waals surface area contributed by atoms with E-state index < -0.39 is 0 Å². The average molecular weight is 192 g/mol. The number of ether oxygens (including phenoxy) is 1. The summed E-state index contributed by atoms with van der Waals surface area (Å²) in [5.41, 5.74) is 0.904. The molecular formula is C12H16O2. The highest BCUT2D eigenvalue weighted by Gasteiger charge is 2.16. The van der Waals surface area contributed by atoms with Crippen molar-refractivity contribution in [1.82, 2.24) is 0 Å². The number of allylic oxidation sites excluding steroid dienone is 5. The zero-order chi connectivity index (χ0) is 10.8. The third-order valence-corrected chi connectivity index (χ3v) is 2.02. The Morgan fingerprint density at radius 3 is 2.64 bits per heavy atom. The molecule has 0 N–H and O–H groups in total. The Kier molecular flexibility index (Phi) is 2.94. The lowest BCUT2D eigenvalue weighted by molar-refractivity contribution is -0.136. The Bertz CT molecular complexity index is 330. The van der Waals surface area contributed by atoms with Gasteiger partial charge in [0.25, 0.3) is 0 Å². The van der Waals surface area contributed by atoms with Crippen LogP contribution < -0.4 is 0 Å². The minimum Gasteiger partial charge on any atom is -0.427 e. The van der Waals surface area contributed by atoms with Crippen molar-refractivity contribution in [3.63, 3.8) is 0 Å². The normalized spacial score (nSPS) is 19.4. The highest BCUT2D eigenvalue weighted by Crippen LogP contribution is 2.27. The third-order valence-electron chi connectivity index (χ3n) is 2.02. The van der Waals surface area contributed by atoms with Crippen LogP contribution in [0, 0.1) is 5.41 Å². The molecule has 1 aliphatic carbocycles. The Labute approximate surface area is 85.0 Å². The van der Waals surface area contributed by atoms with Crippen LogP contribution in [0.15, 0.2) is 35.6 Å². The Balaban J connectivity index is 3.00. The maximum Gasteiger partial charge on any atom is 0.308 e. The molecular weight excluding hydrogens is 176 g/mol. The summed E-state index contributed by atoms with van der Waals surface area (Å²) in [5.74, 6) is 0.384. The predicted octanol–water partition coefficient (Wildman–Crippen LogP) is 2.98. The summed E-state index contributed by atoms with van der Waals surface area (Å²) in [6.07, 6.45) is 7.97. The van der Waals surface area contributed by atoms with Gasteiger partial charge in [-0.2, -0.15) is 0 Å². The summed E-state index contributed by atoms with van der Waals surface area (Å²) < 4.78 is 5.13. The van der Waals surface area contributed by atoms with Crippen LogP contribution in [0.1, 0.15) is 27.7 Å². The summed E-state index contributed by atoms with van der Waals surface area (Å²) in [7, 11) is 0. The second kappa shape index (κ2) is 3.82. The molecule has 2 heteroatoms. The molecule has 0 atom stereocenters. The van der Waals surface area contributed by atoms with Gasteiger partial charge in [0.05, 0.1) is 0 Å². The van der Waals surface area contributed by atoms with Gasteiger partial charge in [-0.05, 0) is 18.6 Å². The van der Waals surface area contributed by atoms with E-state index in [0.717, 1.165) is 5.57 Å². The molecule has 0 bridgehead atoms. The zero-order valence-corrected chi connectivity index (χ0v) is 9.13. The van der Waals surface area contributed by atoms with E-state index in [-0.39, 0.29) is 11.4 Å². The summed E-state index contributed by atoms with van der Waals surface area (Å²) in [4.78, 5) is 10.9. The molecule has 0 fully saturated rings. The van der Waals surface area contributed by atoms with Gasteiger partial charge in [-0.25, -0.2) is 0 Å². The van der Waals surface area contributed by atoms with Crippen molar-refractivity contribution < 1.29 is 9.53 Å². The zero-order valence-electron chi connectivity index (χ0n) is 9.13. The first-order valence-corrected chi connectivity index (χ1v) is 4.68. The van der Waals surface area contributed by atoms with Crippen molar-refractivity contribution in [2.45, 2.75) is 27.7 Å². The minimum absolute atomic E-state index is 0.0704. The second-order valence-corrected chi connectivity index (χ2v) is 4.13. The van der Waals surface area contributed by atoms with Crippen LogP contribution in [-0.2, 0) is 9.53 Å². The van der Waals surface area contributed by atoms with E-state index in [0.29, 0.717) is 5.76 Å². The lowest BCUT2D eigenvalue weighted by Crippen LogP contribution is -2.07. The molecule has 0 aromatic heterocycles. The lowest BCUT2D eigenvalue weighted by Gasteiger charge is -2.15. The number of esters is 1. The molecule has 0 spiro atoms. The number of carbonyl (C=O) groups is 1. The standard InChI is InChI=1S/C12H16O2/c1-9-6-5-7-12(3,4)8-11(9)14-10(2)13/h5-8H,1-4H3. The SMILES string of the molecule is CC(=O)OC1=CC(C)(C)C=CC=C1C. The van der Waals surface area contributed by atoms with Gasteiger partial charge in [-0.3, -0.25) is 4.79 Å². The molecule has 1 aliphatic rings. The topological polar surface area (TPSA) is 26.3 Å². The molecule has 0 aromatic rings. The highest BCUT2D eigenvalue weighted by molar-refractivity contribution is 5.68. The van der Waals surface area contributed by atoms with E-state index in [1.807, 2.05) is 25.2 Å². The summed E-state index contributed by atoms with van der Waals surface area (Å²) in [5, 5.41) is 0. The molecule has 0 radical (unpaired) electrons. The third kappa shape index (κ3) is 2.87. The summed E-state index contributed by atoms with van der Waals surface area (Å²) >= 11 is 0. The van der Waals surface area contributed by atoms with Crippen LogP contribution in [0.2, 0.25) is 0 Å². The monoisotopic (exact) mass is 192 g/mol. The minimum atomic E-state index is -0.276. The highest BCUT2D eigenvalue weighted by atomic mass is 16.5. The average Bonchev–Trinajstić information content (AvgIpc) is 2.10. The molecule has 76 valence electrons. The van der Waals surface area contributed by atoms with E-state index in [9.17, 15) is 4.79 Å². The molecule has 2 nitrogen and oxygen atoms in total. The van der Waals surface area contributed by atoms with Gasteiger partial charge in [0, 0.05) is 12.3 Å². The smallest absolute Gasteiger partial charge is 0.308 e. The van der Waals surface area contributed by atoms with Gasteiger partial charge in [-0.1, -0.05) is 32.1 Å². The van der Waals surface area contributed by atoms with Crippen molar-refractivity contribution in [2.24, 2.45) is 5.41 Å². The first-order valence-electron chi connectivity index (χ1n) is 4.68. The number of hydrogen-bond donors (Lipinski definition) is 0. The van der Waals surface area contributed by atoms with Crippen molar-refractivity contribution in [3.8, 4) is 0 Å². The largest absolute Gasteiger partial charge is 0.427 e. The maximum atomic E-state index is 10.9. The quantitative estimate of drug-likeness (QED) is 0.597. The van der Waals surface area contributed by atoms with E-state index >= 15 is 0 Å². The van der Waals surface area contributed by atoms with Crippen LogP contribution in [0.25, 0.3) is 0 Å². The van der Waals surface area contributed by atoms with Crippen molar-refractivity contribution in [2.75, 3.05) is 0 Å². The Morgan fingerprint density at radius 2 is 2.07 bits per heavy atom. The van der Waals surface area contributed by atoms with E-state index in [2.05, 4.69) is 19.9 Å². The fourth-order valence-electron chi connectivity index (χ4n) is 1.29. The Hall–Kier alpha value is -1.31. The van der Waals surface area contributed by atoms with Crippen LogP contribution in [0.4, 0.5) is 0 Å². The Morgan fingerprint density at radius 1 is 1.43 bits per heavy atom. The molecule has 0 aromatic carbocycles. The molecule has 1 rings (SSSR count). The summed E-state index contributed by atoms with van der Waals surface area (Å²) in [6.45, 7) is 7.48. The van der Waals surface area contributed by atoms with Gasteiger partial charge >= 0.3 is 5.97 Å². The molecule has 0 saturated heterocycles. The van der Waals surface area contributed by atoms with E-state index in [4.69, 9.17) is 4.74 Å². The van der Waals surface area contributed by atoms with Crippen LogP contribution in [-0.4, -0.2) is 5.97 Å². The molecule has 0 amide bonds. The van der Waals surface area contributed by atoms with Crippen molar-refractivity contribution in [1.29, 1.82) is 0 Å².